The highest BCUT2D eigenvalue weighted by atomic mass is 16.5. The van der Waals surface area contributed by atoms with Crippen molar-refractivity contribution in [2.75, 3.05) is 13.2 Å². The van der Waals surface area contributed by atoms with E-state index in [0.717, 1.165) is 44.9 Å². The van der Waals surface area contributed by atoms with Crippen LogP contribution in [0, 0.1) is 0 Å². The largest absolute Gasteiger partial charge is 0.466 e. The van der Waals surface area contributed by atoms with E-state index in [-0.39, 0.29) is 18.5 Å². The summed E-state index contributed by atoms with van der Waals surface area (Å²) in [5, 5.41) is 23.1. The summed E-state index contributed by atoms with van der Waals surface area (Å²) in [4.78, 5) is 24.5. The summed E-state index contributed by atoms with van der Waals surface area (Å²) in [6.07, 6.45) is 74.8. The fraction of sp³-hybridized carbons (Fsp3) is 0.875. The molecule has 412 valence electrons. The van der Waals surface area contributed by atoms with Crippen molar-refractivity contribution in [3.8, 4) is 0 Å². The van der Waals surface area contributed by atoms with Crippen molar-refractivity contribution in [1.29, 1.82) is 0 Å². The van der Waals surface area contributed by atoms with E-state index in [4.69, 9.17) is 4.74 Å². The number of esters is 1. The number of aliphatic hydroxyl groups is 2. The summed E-state index contributed by atoms with van der Waals surface area (Å²) < 4.78 is 5.48. The standard InChI is InChI=1S/C64H121NO5/c1-3-5-7-9-11-13-15-17-30-34-38-42-46-50-54-58-64(69)70-59-55-51-47-43-39-35-32-29-27-25-23-21-19-18-20-22-24-26-28-31-33-37-41-45-49-53-57-63(68)65-61(60-66)62(67)56-52-48-44-40-36-16-14-12-10-8-6-4-2/h17-18,20,30,52,56,61-62,66-67H,3-16,19,21-29,31-51,53-55,57-60H2,1-2H3,(H,65,68)/b20-18-,30-17-,56-52+. The van der Waals surface area contributed by atoms with Crippen LogP contribution in [-0.2, 0) is 14.3 Å². The van der Waals surface area contributed by atoms with Gasteiger partial charge in [-0.2, -0.15) is 0 Å². The van der Waals surface area contributed by atoms with Gasteiger partial charge >= 0.3 is 5.97 Å². The van der Waals surface area contributed by atoms with Gasteiger partial charge in [0.2, 0.25) is 5.91 Å². The molecule has 6 nitrogen and oxygen atoms in total. The van der Waals surface area contributed by atoms with E-state index < -0.39 is 12.1 Å². The van der Waals surface area contributed by atoms with Gasteiger partial charge in [0.15, 0.2) is 0 Å². The molecule has 0 rings (SSSR count). The molecule has 0 radical (unpaired) electrons. The number of hydrogen-bond donors (Lipinski definition) is 3. The minimum atomic E-state index is -0.844. The maximum absolute atomic E-state index is 12.4. The van der Waals surface area contributed by atoms with Crippen LogP contribution in [0.25, 0.3) is 0 Å². The second kappa shape index (κ2) is 59.6. The summed E-state index contributed by atoms with van der Waals surface area (Å²) in [5.74, 6) is -0.0642. The van der Waals surface area contributed by atoms with Gasteiger partial charge < -0.3 is 20.3 Å². The molecule has 2 unspecified atom stereocenters. The van der Waals surface area contributed by atoms with Crippen molar-refractivity contribution in [2.45, 2.75) is 347 Å². The van der Waals surface area contributed by atoms with Crippen LogP contribution in [-0.4, -0.2) is 47.4 Å². The summed E-state index contributed by atoms with van der Waals surface area (Å²) in [5.41, 5.74) is 0. The predicted molar refractivity (Wildman–Crippen MR) is 306 cm³/mol. The third-order valence-corrected chi connectivity index (χ3v) is 14.4. The van der Waals surface area contributed by atoms with Crippen molar-refractivity contribution in [3.05, 3.63) is 36.5 Å². The molecule has 0 aliphatic rings. The molecule has 0 bridgehead atoms. The summed E-state index contributed by atoms with van der Waals surface area (Å²) in [7, 11) is 0. The number of ether oxygens (including phenoxy) is 1. The molecule has 3 N–H and O–H groups in total. The van der Waals surface area contributed by atoms with Crippen molar-refractivity contribution >= 4 is 11.9 Å². The number of carbonyl (C=O) groups is 2. The van der Waals surface area contributed by atoms with E-state index in [0.29, 0.717) is 19.4 Å². The molecule has 70 heavy (non-hydrogen) atoms. The van der Waals surface area contributed by atoms with E-state index >= 15 is 0 Å². The first kappa shape index (κ1) is 68.1. The number of aliphatic hydroxyl groups excluding tert-OH is 2. The van der Waals surface area contributed by atoms with Gasteiger partial charge in [-0.25, -0.2) is 0 Å². The maximum atomic E-state index is 12.4. The van der Waals surface area contributed by atoms with Gasteiger partial charge in [0.25, 0.3) is 0 Å². The van der Waals surface area contributed by atoms with Crippen molar-refractivity contribution in [1.82, 2.24) is 5.32 Å². The number of hydrogen-bond acceptors (Lipinski definition) is 5. The summed E-state index contributed by atoms with van der Waals surface area (Å²) >= 11 is 0. The third-order valence-electron chi connectivity index (χ3n) is 14.4. The zero-order valence-electron chi connectivity index (χ0n) is 47.0. The van der Waals surface area contributed by atoms with Crippen LogP contribution >= 0.6 is 0 Å². The molecule has 0 aliphatic carbocycles. The average molecular weight is 985 g/mol. The number of nitrogens with one attached hydrogen (secondary N) is 1. The van der Waals surface area contributed by atoms with Crippen molar-refractivity contribution in [3.63, 3.8) is 0 Å². The lowest BCUT2D eigenvalue weighted by atomic mass is 10.0. The zero-order valence-corrected chi connectivity index (χ0v) is 47.0. The van der Waals surface area contributed by atoms with Crippen molar-refractivity contribution < 1.29 is 24.5 Å². The van der Waals surface area contributed by atoms with Crippen molar-refractivity contribution in [2.24, 2.45) is 0 Å². The number of amides is 1. The quantitative estimate of drug-likeness (QED) is 0.0321. The molecule has 0 heterocycles. The van der Waals surface area contributed by atoms with Gasteiger partial charge in [-0.15, -0.1) is 0 Å². The Morgan fingerprint density at radius 3 is 1.01 bits per heavy atom. The topological polar surface area (TPSA) is 95.9 Å². The minimum Gasteiger partial charge on any atom is -0.466 e. The fourth-order valence-electron chi connectivity index (χ4n) is 9.57. The first-order valence-electron chi connectivity index (χ1n) is 31.3. The Kier molecular flexibility index (Phi) is 58.0. The van der Waals surface area contributed by atoms with E-state index in [9.17, 15) is 19.8 Å². The molecule has 0 saturated heterocycles. The summed E-state index contributed by atoms with van der Waals surface area (Å²) in [6.45, 7) is 4.90. The number of carbonyl (C=O) groups excluding carboxylic acids is 2. The van der Waals surface area contributed by atoms with Crippen LogP contribution < -0.4 is 5.32 Å². The molecule has 0 aromatic carbocycles. The van der Waals surface area contributed by atoms with Gasteiger partial charge in [0.1, 0.15) is 0 Å². The number of rotatable bonds is 58. The van der Waals surface area contributed by atoms with Gasteiger partial charge in [0, 0.05) is 12.8 Å². The first-order valence-corrected chi connectivity index (χ1v) is 31.3. The second-order valence-corrected chi connectivity index (χ2v) is 21.4. The number of unbranched alkanes of at least 4 members (excludes halogenated alkanes) is 43. The molecular formula is C64H121NO5. The van der Waals surface area contributed by atoms with Crippen LogP contribution in [0.4, 0.5) is 0 Å². The summed E-state index contributed by atoms with van der Waals surface area (Å²) in [6, 6.07) is -0.628. The SMILES string of the molecule is CCCCCCCC/C=C\CCCCCCCC(=O)OCCCCCCCCCCCCCC/C=C\CCCCCCCCCCCCC(=O)NC(CO)C(O)/C=C/CCCCCCCCCCCC. The lowest BCUT2D eigenvalue weighted by molar-refractivity contribution is -0.143. The highest BCUT2D eigenvalue weighted by Crippen LogP contribution is 2.17. The molecule has 1 amide bonds. The Morgan fingerprint density at radius 2 is 0.671 bits per heavy atom. The van der Waals surface area contributed by atoms with E-state index in [1.165, 1.54) is 263 Å². The molecular weight excluding hydrogens is 863 g/mol. The molecule has 6 heteroatoms. The highest BCUT2D eigenvalue weighted by Gasteiger charge is 2.18. The molecule has 0 aromatic rings. The molecule has 2 atom stereocenters. The Hall–Kier alpha value is -1.92. The average Bonchev–Trinajstić information content (AvgIpc) is 3.36. The smallest absolute Gasteiger partial charge is 0.305 e. The molecule has 0 aliphatic heterocycles. The first-order chi connectivity index (χ1) is 34.5. The minimum absolute atomic E-state index is 0.00588. The monoisotopic (exact) mass is 984 g/mol. The van der Waals surface area contributed by atoms with Gasteiger partial charge in [-0.3, -0.25) is 9.59 Å². The molecule has 0 saturated carbocycles. The Balaban J connectivity index is 3.39. The van der Waals surface area contributed by atoms with Crippen LogP contribution in [0.15, 0.2) is 36.5 Å². The van der Waals surface area contributed by atoms with Gasteiger partial charge in [-0.05, 0) is 83.5 Å². The van der Waals surface area contributed by atoms with Gasteiger partial charge in [-0.1, -0.05) is 275 Å². The van der Waals surface area contributed by atoms with Crippen LogP contribution in [0.5, 0.6) is 0 Å². The van der Waals surface area contributed by atoms with Crippen LogP contribution in [0.3, 0.4) is 0 Å². The Bertz CT molecular complexity index is 1130. The second-order valence-electron chi connectivity index (χ2n) is 21.4. The maximum Gasteiger partial charge on any atom is 0.305 e. The molecule has 0 fully saturated rings. The van der Waals surface area contributed by atoms with E-state index in [1.54, 1.807) is 6.08 Å². The zero-order chi connectivity index (χ0) is 50.7. The number of allylic oxidation sites excluding steroid dienone is 5. The lowest BCUT2D eigenvalue weighted by Gasteiger charge is -2.20. The molecule has 0 aromatic heterocycles. The normalized spacial score (nSPS) is 12.8. The van der Waals surface area contributed by atoms with Crippen LogP contribution in [0.2, 0.25) is 0 Å². The van der Waals surface area contributed by atoms with Crippen LogP contribution in [0.1, 0.15) is 335 Å². The predicted octanol–water partition coefficient (Wildman–Crippen LogP) is 19.6. The fourth-order valence-corrected chi connectivity index (χ4v) is 9.57. The van der Waals surface area contributed by atoms with Gasteiger partial charge in [0.05, 0.1) is 25.4 Å². The van der Waals surface area contributed by atoms with E-state index in [2.05, 4.69) is 43.5 Å². The third kappa shape index (κ3) is 55.4. The lowest BCUT2D eigenvalue weighted by Crippen LogP contribution is -2.45. The highest BCUT2D eigenvalue weighted by molar-refractivity contribution is 5.76. The van der Waals surface area contributed by atoms with E-state index in [1.807, 2.05) is 6.08 Å². The molecule has 0 spiro atoms. The Morgan fingerprint density at radius 1 is 0.386 bits per heavy atom. The Labute approximate surface area is 436 Å².